The average molecular weight is 333 g/mol. The molecule has 0 N–H and O–H groups in total. The fraction of sp³-hybridized carbons (Fsp3) is 0.923. The Morgan fingerprint density at radius 3 is 2.25 bits per heavy atom. The molecule has 1 heterocycles. The Morgan fingerprint density at radius 1 is 1.25 bits per heavy atom. The molecule has 0 amide bonds. The fourth-order valence-electron chi connectivity index (χ4n) is 2.21. The number of esters is 1. The van der Waals surface area contributed by atoms with Crippen molar-refractivity contribution in [2.24, 2.45) is 11.3 Å². The first-order valence-corrected chi connectivity index (χ1v) is 16.5. The molecule has 1 rings (SSSR count). The Morgan fingerprint density at radius 2 is 1.81 bits per heavy atom. The quantitative estimate of drug-likeness (QED) is 0.540. The van der Waals surface area contributed by atoms with Gasteiger partial charge < -0.3 is 0 Å². The van der Waals surface area contributed by atoms with E-state index in [0.717, 1.165) is 0 Å². The summed E-state index contributed by atoms with van der Waals surface area (Å²) in [6.07, 6.45) is 1.86. The van der Waals surface area contributed by atoms with Crippen LogP contribution in [0.5, 0.6) is 0 Å². The molecule has 1 aliphatic rings. The van der Waals surface area contributed by atoms with Crippen molar-refractivity contribution >= 4 is 24.3 Å². The Balaban J connectivity index is 2.83. The molecule has 0 aromatic carbocycles. The zero-order valence-electron chi connectivity index (χ0n) is 11.6. The number of ether oxygens (including phenoxy) is 1. The zero-order chi connectivity index (χ0) is 12.6. The van der Waals surface area contributed by atoms with Crippen molar-refractivity contribution in [1.82, 2.24) is 0 Å². The molecule has 0 aromatic heterocycles. The van der Waals surface area contributed by atoms with Gasteiger partial charge in [0.1, 0.15) is 0 Å². The molecule has 1 aliphatic heterocycles. The molecule has 0 aromatic rings. The van der Waals surface area contributed by atoms with Gasteiger partial charge in [-0.3, -0.25) is 0 Å². The monoisotopic (exact) mass is 334 g/mol. The van der Waals surface area contributed by atoms with E-state index in [-0.39, 0.29) is 11.4 Å². The summed E-state index contributed by atoms with van der Waals surface area (Å²) in [6, 6.07) is 0. The van der Waals surface area contributed by atoms with E-state index in [0.29, 0.717) is 22.9 Å². The molecular formula is C13H26O2Sn. The van der Waals surface area contributed by atoms with Gasteiger partial charge in [-0.25, -0.2) is 0 Å². The number of rotatable bonds is 1. The van der Waals surface area contributed by atoms with Crippen molar-refractivity contribution in [3.05, 3.63) is 0 Å². The second kappa shape index (κ2) is 4.87. The number of carbonyl (C=O) groups excluding carboxylic acids is 1. The van der Waals surface area contributed by atoms with Crippen LogP contribution in [0.15, 0.2) is 0 Å². The van der Waals surface area contributed by atoms with Gasteiger partial charge in [-0.1, -0.05) is 0 Å². The third kappa shape index (κ3) is 3.93. The van der Waals surface area contributed by atoms with Crippen LogP contribution in [-0.4, -0.2) is 31.0 Å². The van der Waals surface area contributed by atoms with E-state index in [9.17, 15) is 4.79 Å². The predicted molar refractivity (Wildman–Crippen MR) is 70.2 cm³/mol. The fourth-order valence-corrected chi connectivity index (χ4v) is 7.27. The van der Waals surface area contributed by atoms with Gasteiger partial charge >= 0.3 is 104 Å². The molecule has 0 saturated carbocycles. The molecule has 0 aliphatic carbocycles. The number of hydrogen-bond acceptors (Lipinski definition) is 2. The third-order valence-corrected chi connectivity index (χ3v) is 12.1. The summed E-state index contributed by atoms with van der Waals surface area (Å²) in [4.78, 5) is 18.9. The third-order valence-electron chi connectivity index (χ3n) is 3.88. The van der Waals surface area contributed by atoms with Gasteiger partial charge in [0.2, 0.25) is 0 Å². The van der Waals surface area contributed by atoms with Crippen LogP contribution in [0, 0.1) is 11.3 Å². The normalized spacial score (nSPS) is 28.5. The van der Waals surface area contributed by atoms with Crippen LogP contribution in [0.2, 0.25) is 18.8 Å². The Hall–Kier alpha value is 0.269. The van der Waals surface area contributed by atoms with Crippen LogP contribution in [0.3, 0.4) is 0 Å². The van der Waals surface area contributed by atoms with Crippen molar-refractivity contribution in [2.75, 3.05) is 6.61 Å². The maximum atomic E-state index is 11.6. The van der Waals surface area contributed by atoms with Gasteiger partial charge in [-0.05, 0) is 0 Å². The molecule has 1 saturated heterocycles. The van der Waals surface area contributed by atoms with Crippen molar-refractivity contribution in [1.29, 1.82) is 0 Å². The minimum atomic E-state index is -1.99. The van der Waals surface area contributed by atoms with Gasteiger partial charge in [0.05, 0.1) is 0 Å². The van der Waals surface area contributed by atoms with Gasteiger partial charge in [-0.2, -0.15) is 0 Å². The van der Waals surface area contributed by atoms with Gasteiger partial charge in [-0.15, -0.1) is 0 Å². The van der Waals surface area contributed by atoms with E-state index in [2.05, 4.69) is 35.6 Å². The van der Waals surface area contributed by atoms with Crippen LogP contribution >= 0.6 is 0 Å². The van der Waals surface area contributed by atoms with E-state index in [1.54, 1.807) is 0 Å². The summed E-state index contributed by atoms with van der Waals surface area (Å²) in [5, 5.41) is 0. The molecule has 2 nitrogen and oxygen atoms in total. The first-order valence-electron chi connectivity index (χ1n) is 6.26. The van der Waals surface area contributed by atoms with Crippen molar-refractivity contribution < 1.29 is 9.53 Å². The van der Waals surface area contributed by atoms with Crippen LogP contribution in [0.1, 0.15) is 33.6 Å². The van der Waals surface area contributed by atoms with Crippen molar-refractivity contribution in [3.8, 4) is 0 Å². The maximum absolute atomic E-state index is 11.6. The summed E-state index contributed by atoms with van der Waals surface area (Å²) in [7, 11) is 0. The van der Waals surface area contributed by atoms with Gasteiger partial charge in [0.15, 0.2) is 0 Å². The van der Waals surface area contributed by atoms with E-state index >= 15 is 0 Å². The summed E-state index contributed by atoms with van der Waals surface area (Å²) in [6.45, 7) is 7.39. The number of hydrogen-bond donors (Lipinski definition) is 0. The molecule has 0 bridgehead atoms. The Kier molecular flexibility index (Phi) is 4.36. The van der Waals surface area contributed by atoms with E-state index in [1.165, 1.54) is 6.42 Å². The van der Waals surface area contributed by atoms with Crippen LogP contribution in [0.25, 0.3) is 0 Å². The molecule has 0 radical (unpaired) electrons. The topological polar surface area (TPSA) is 26.3 Å². The van der Waals surface area contributed by atoms with Gasteiger partial charge in [0, 0.05) is 0 Å². The summed E-state index contributed by atoms with van der Waals surface area (Å²) >= 11 is -1.99. The first-order chi connectivity index (χ1) is 7.10. The molecule has 1 fully saturated rings. The Bertz CT molecular complexity index is 260. The van der Waals surface area contributed by atoms with Crippen molar-refractivity contribution in [3.63, 3.8) is 0 Å². The molecular weight excluding hydrogens is 307 g/mol. The molecule has 3 heteroatoms. The molecule has 2 unspecified atom stereocenters. The Labute approximate surface area is 104 Å². The second-order valence-electron chi connectivity index (χ2n) is 7.25. The molecule has 2 atom stereocenters. The van der Waals surface area contributed by atoms with Crippen LogP contribution in [0.4, 0.5) is 0 Å². The zero-order valence-corrected chi connectivity index (χ0v) is 14.4. The van der Waals surface area contributed by atoms with Gasteiger partial charge in [0.25, 0.3) is 0 Å². The summed E-state index contributed by atoms with van der Waals surface area (Å²) in [5.74, 6) is 0.559. The van der Waals surface area contributed by atoms with E-state index < -0.39 is 18.4 Å². The minimum absolute atomic E-state index is 0.0309. The van der Waals surface area contributed by atoms with Crippen LogP contribution in [-0.2, 0) is 9.53 Å². The first kappa shape index (κ1) is 14.3. The number of cyclic esters (lactones) is 1. The molecule has 94 valence electrons. The predicted octanol–water partition coefficient (Wildman–Crippen LogP) is 3.69. The second-order valence-corrected chi connectivity index (χ2v) is 23.1. The summed E-state index contributed by atoms with van der Waals surface area (Å²) < 4.78 is 6.01. The SMILES string of the molecule is CC(C)(C)C1COC(=O)C[CH]([Sn]([CH3])([CH3])[CH3])C1. The number of carbonyl (C=O) groups is 1. The van der Waals surface area contributed by atoms with E-state index in [4.69, 9.17) is 4.74 Å². The van der Waals surface area contributed by atoms with Crippen molar-refractivity contribution in [2.45, 2.75) is 52.4 Å². The standard InChI is InChI=1S/C10H17O2.3CH3.Sn/c1-10(2,3)8-5-4-6-9(11)12-7-8;;;;/h4,8H,5-7H2,1-3H3;3*1H3;. The molecule has 16 heavy (non-hydrogen) atoms. The molecule has 0 spiro atoms. The van der Waals surface area contributed by atoms with Crippen LogP contribution < -0.4 is 0 Å². The van der Waals surface area contributed by atoms with E-state index in [1.807, 2.05) is 0 Å². The summed E-state index contributed by atoms with van der Waals surface area (Å²) in [5.41, 5.74) is 0.250. The average Bonchev–Trinajstić information content (AvgIpc) is 2.24.